The second-order valence-corrected chi connectivity index (χ2v) is 8.40. The van der Waals surface area contributed by atoms with Crippen molar-refractivity contribution in [3.63, 3.8) is 0 Å². The molecule has 0 aliphatic rings. The van der Waals surface area contributed by atoms with Crippen LogP contribution in [-0.2, 0) is 9.84 Å². The molecule has 0 aromatic heterocycles. The van der Waals surface area contributed by atoms with Gasteiger partial charge >= 0.3 is 0 Å². The van der Waals surface area contributed by atoms with Crippen LogP contribution in [0.15, 0.2) is 77.7 Å². The zero-order valence-corrected chi connectivity index (χ0v) is 16.0. The van der Waals surface area contributed by atoms with Gasteiger partial charge < -0.3 is 4.74 Å². The molecule has 0 N–H and O–H groups in total. The van der Waals surface area contributed by atoms with Crippen LogP contribution in [-0.4, -0.2) is 21.8 Å². The van der Waals surface area contributed by atoms with E-state index >= 15 is 0 Å². The molecule has 0 fully saturated rings. The van der Waals surface area contributed by atoms with E-state index in [0.29, 0.717) is 4.90 Å². The van der Waals surface area contributed by atoms with Crippen LogP contribution in [0.25, 0.3) is 11.1 Å². The molecule has 3 aromatic carbocycles. The molecule has 1 unspecified atom stereocenters. The zero-order valence-electron chi connectivity index (χ0n) is 15.1. The summed E-state index contributed by atoms with van der Waals surface area (Å²) in [7, 11) is -1.52. The maximum absolute atomic E-state index is 11.7. The first-order valence-corrected chi connectivity index (χ1v) is 10.3. The Morgan fingerprint density at radius 2 is 1.58 bits per heavy atom. The van der Waals surface area contributed by atoms with Crippen molar-refractivity contribution in [3.05, 3.63) is 83.9 Å². The highest BCUT2D eigenvalue weighted by Gasteiger charge is 2.15. The average molecular weight is 366 g/mol. The normalized spacial score (nSPS) is 12.6. The fourth-order valence-electron chi connectivity index (χ4n) is 3.11. The minimum Gasteiger partial charge on any atom is -0.497 e. The van der Waals surface area contributed by atoms with Crippen LogP contribution >= 0.6 is 0 Å². The van der Waals surface area contributed by atoms with E-state index in [9.17, 15) is 8.42 Å². The van der Waals surface area contributed by atoms with Crippen molar-refractivity contribution in [1.82, 2.24) is 0 Å². The third-order valence-electron chi connectivity index (χ3n) is 4.62. The Hall–Kier alpha value is -2.59. The molecule has 134 valence electrons. The Kier molecular flexibility index (Phi) is 5.14. The van der Waals surface area contributed by atoms with Gasteiger partial charge in [0.25, 0.3) is 0 Å². The summed E-state index contributed by atoms with van der Waals surface area (Å²) in [6.45, 7) is 2.13. The van der Waals surface area contributed by atoms with Crippen molar-refractivity contribution in [2.75, 3.05) is 13.4 Å². The van der Waals surface area contributed by atoms with E-state index in [4.69, 9.17) is 4.74 Å². The molecule has 0 radical (unpaired) electrons. The van der Waals surface area contributed by atoms with E-state index in [1.54, 1.807) is 19.2 Å². The summed E-state index contributed by atoms with van der Waals surface area (Å²) in [4.78, 5) is 0.342. The SMILES string of the molecule is COc1cccc(-c2ccccc2C(C)c2ccc(S(C)(=O)=O)cc2)c1. The predicted octanol–water partition coefficient (Wildman–Crippen LogP) is 4.92. The van der Waals surface area contributed by atoms with E-state index in [1.165, 1.54) is 11.8 Å². The molecular formula is C22H22O3S. The minimum absolute atomic E-state index is 0.131. The van der Waals surface area contributed by atoms with Gasteiger partial charge in [-0.2, -0.15) is 0 Å². The van der Waals surface area contributed by atoms with Crippen LogP contribution in [0.5, 0.6) is 5.75 Å². The molecule has 0 amide bonds. The quantitative estimate of drug-likeness (QED) is 0.644. The van der Waals surface area contributed by atoms with E-state index < -0.39 is 9.84 Å². The summed E-state index contributed by atoms with van der Waals surface area (Å²) in [6, 6.07) is 23.4. The lowest BCUT2D eigenvalue weighted by Crippen LogP contribution is -2.01. The molecule has 0 heterocycles. The number of hydrogen-bond acceptors (Lipinski definition) is 3. The Morgan fingerprint density at radius 1 is 0.885 bits per heavy atom. The number of ether oxygens (including phenoxy) is 1. The summed E-state index contributed by atoms with van der Waals surface area (Å²) in [5.74, 6) is 0.952. The molecule has 3 rings (SSSR count). The number of hydrogen-bond donors (Lipinski definition) is 0. The highest BCUT2D eigenvalue weighted by atomic mass is 32.2. The van der Waals surface area contributed by atoms with Gasteiger partial charge in [0.05, 0.1) is 12.0 Å². The van der Waals surface area contributed by atoms with Crippen LogP contribution in [0, 0.1) is 0 Å². The second-order valence-electron chi connectivity index (χ2n) is 6.38. The lowest BCUT2D eigenvalue weighted by Gasteiger charge is -2.18. The summed E-state index contributed by atoms with van der Waals surface area (Å²) in [5.41, 5.74) is 4.51. The average Bonchev–Trinajstić information content (AvgIpc) is 2.67. The van der Waals surface area contributed by atoms with Crippen molar-refractivity contribution < 1.29 is 13.2 Å². The number of benzene rings is 3. The summed E-state index contributed by atoms with van der Waals surface area (Å²) in [6.07, 6.45) is 1.23. The van der Waals surface area contributed by atoms with Gasteiger partial charge in [-0.15, -0.1) is 0 Å². The van der Waals surface area contributed by atoms with Crippen molar-refractivity contribution in [3.8, 4) is 16.9 Å². The topological polar surface area (TPSA) is 43.4 Å². The molecule has 0 aliphatic heterocycles. The van der Waals surface area contributed by atoms with Gasteiger partial charge in [-0.1, -0.05) is 55.5 Å². The van der Waals surface area contributed by atoms with Gasteiger partial charge in [0, 0.05) is 12.2 Å². The molecule has 3 aromatic rings. The van der Waals surface area contributed by atoms with E-state index in [2.05, 4.69) is 25.1 Å². The molecule has 0 aliphatic carbocycles. The maximum Gasteiger partial charge on any atom is 0.175 e. The number of rotatable bonds is 5. The monoisotopic (exact) mass is 366 g/mol. The molecular weight excluding hydrogens is 344 g/mol. The van der Waals surface area contributed by atoms with Crippen molar-refractivity contribution in [1.29, 1.82) is 0 Å². The van der Waals surface area contributed by atoms with Gasteiger partial charge in [0.2, 0.25) is 0 Å². The third kappa shape index (κ3) is 3.81. The van der Waals surface area contributed by atoms with E-state index in [-0.39, 0.29) is 5.92 Å². The van der Waals surface area contributed by atoms with Crippen LogP contribution in [0.2, 0.25) is 0 Å². The van der Waals surface area contributed by atoms with Gasteiger partial charge in [0.15, 0.2) is 9.84 Å². The molecule has 1 atom stereocenters. The molecule has 0 spiro atoms. The first-order valence-electron chi connectivity index (χ1n) is 8.43. The summed E-state index contributed by atoms with van der Waals surface area (Å²) in [5, 5.41) is 0. The largest absolute Gasteiger partial charge is 0.497 e. The van der Waals surface area contributed by atoms with E-state index in [0.717, 1.165) is 22.4 Å². The van der Waals surface area contributed by atoms with Crippen molar-refractivity contribution in [2.24, 2.45) is 0 Å². The summed E-state index contributed by atoms with van der Waals surface area (Å²) >= 11 is 0. The van der Waals surface area contributed by atoms with Gasteiger partial charge in [-0.05, 0) is 46.5 Å². The Labute approximate surface area is 155 Å². The minimum atomic E-state index is -3.18. The lowest BCUT2D eigenvalue weighted by molar-refractivity contribution is 0.415. The zero-order chi connectivity index (χ0) is 18.7. The highest BCUT2D eigenvalue weighted by molar-refractivity contribution is 7.90. The van der Waals surface area contributed by atoms with Gasteiger partial charge in [-0.25, -0.2) is 8.42 Å². The van der Waals surface area contributed by atoms with Crippen LogP contribution in [0.1, 0.15) is 24.0 Å². The molecule has 3 nitrogen and oxygen atoms in total. The first-order chi connectivity index (χ1) is 12.4. The number of sulfone groups is 1. The Bertz CT molecular complexity index is 1010. The molecule has 0 saturated carbocycles. The maximum atomic E-state index is 11.7. The lowest BCUT2D eigenvalue weighted by atomic mass is 9.87. The number of methoxy groups -OCH3 is 1. The summed E-state index contributed by atoms with van der Waals surface area (Å²) < 4.78 is 28.7. The van der Waals surface area contributed by atoms with Crippen LogP contribution < -0.4 is 4.74 Å². The smallest absolute Gasteiger partial charge is 0.175 e. The fraction of sp³-hybridized carbons (Fsp3) is 0.182. The van der Waals surface area contributed by atoms with Crippen LogP contribution in [0.4, 0.5) is 0 Å². The van der Waals surface area contributed by atoms with Gasteiger partial charge in [-0.3, -0.25) is 0 Å². The van der Waals surface area contributed by atoms with Gasteiger partial charge in [0.1, 0.15) is 5.75 Å². The molecule has 0 bridgehead atoms. The van der Waals surface area contributed by atoms with E-state index in [1.807, 2.05) is 42.5 Å². The molecule has 26 heavy (non-hydrogen) atoms. The third-order valence-corrected chi connectivity index (χ3v) is 5.74. The standard InChI is InChI=1S/C22H22O3S/c1-16(17-11-13-20(14-12-17)26(3,23)24)21-9-4-5-10-22(21)18-7-6-8-19(15-18)25-2/h4-16H,1-3H3. The van der Waals surface area contributed by atoms with Crippen LogP contribution in [0.3, 0.4) is 0 Å². The Balaban J connectivity index is 2.01. The van der Waals surface area contributed by atoms with Crippen molar-refractivity contribution >= 4 is 9.84 Å². The predicted molar refractivity (Wildman–Crippen MR) is 105 cm³/mol. The first kappa shape index (κ1) is 18.2. The second kappa shape index (κ2) is 7.34. The molecule has 0 saturated heterocycles. The Morgan fingerprint density at radius 3 is 2.23 bits per heavy atom. The van der Waals surface area contributed by atoms with Crippen molar-refractivity contribution in [2.45, 2.75) is 17.7 Å². The fourth-order valence-corrected chi connectivity index (χ4v) is 3.74. The highest BCUT2D eigenvalue weighted by Crippen LogP contribution is 2.34. The molecule has 4 heteroatoms.